The zero-order chi connectivity index (χ0) is 23.3. The average Bonchev–Trinajstić information content (AvgIpc) is 2.75. The second-order valence-corrected chi connectivity index (χ2v) is 10.0. The first-order chi connectivity index (χ1) is 15.1. The molecule has 0 heterocycles. The number of carbonyl (C=O) groups is 2. The molecule has 0 spiro atoms. The van der Waals surface area contributed by atoms with E-state index in [1.165, 1.54) is 24.3 Å². The molecule has 4 rings (SSSR count). The van der Waals surface area contributed by atoms with Crippen LogP contribution in [0.1, 0.15) is 80.8 Å². The molecule has 2 aliphatic rings. The fourth-order valence-electron chi connectivity index (χ4n) is 5.73. The van der Waals surface area contributed by atoms with Gasteiger partial charge in [-0.2, -0.15) is 5.23 Å². The highest BCUT2D eigenvalue weighted by atomic mass is 16.8. The summed E-state index contributed by atoms with van der Waals surface area (Å²) in [6, 6.07) is 12.1. The lowest BCUT2D eigenvalue weighted by Crippen LogP contribution is -2.99. The van der Waals surface area contributed by atoms with Gasteiger partial charge in [0, 0.05) is 24.1 Å². The lowest BCUT2D eigenvalue weighted by Gasteiger charge is -2.53. The number of Topliss-reactive ketones (excluding diaryl/α,β-unsaturated/α-hetero) is 1. The van der Waals surface area contributed by atoms with Crippen molar-refractivity contribution in [2.75, 3.05) is 0 Å². The number of carbonyl (C=O) groups excluding carboxylic acids is 2. The Kier molecular flexibility index (Phi) is 5.74. The topological polar surface area (TPSA) is 91.1 Å². The second-order valence-electron chi connectivity index (χ2n) is 10.0. The minimum atomic E-state index is -1.03. The zero-order valence-corrected chi connectivity index (χ0v) is 19.1. The van der Waals surface area contributed by atoms with Crippen molar-refractivity contribution in [3.05, 3.63) is 64.4 Å². The maximum atomic E-state index is 13.4. The summed E-state index contributed by atoms with van der Waals surface area (Å²) in [4.78, 5) is 26.6. The first-order valence-electron chi connectivity index (χ1n) is 11.3. The second kappa shape index (κ2) is 8.10. The van der Waals surface area contributed by atoms with E-state index in [1.807, 2.05) is 13.0 Å². The van der Waals surface area contributed by atoms with Gasteiger partial charge in [0.15, 0.2) is 11.5 Å². The third-order valence-electron chi connectivity index (χ3n) is 7.72. The van der Waals surface area contributed by atoms with E-state index in [0.29, 0.717) is 24.5 Å². The molecule has 1 unspecified atom stereocenters. The van der Waals surface area contributed by atoms with Crippen LogP contribution in [0.25, 0.3) is 0 Å². The van der Waals surface area contributed by atoms with Gasteiger partial charge in [-0.25, -0.2) is 5.21 Å². The SMILES string of the molecule is CC(C)c1ccc2c(c1)C(=O)C[C@H]1[C@](C)(C(=O)Oc3ccc([NH+]([O-])O)cc3)CCC[C@]21C. The Labute approximate surface area is 188 Å². The molecule has 0 aromatic heterocycles. The zero-order valence-electron chi connectivity index (χ0n) is 19.1. The maximum absolute atomic E-state index is 13.4. The Bertz CT molecular complexity index is 1040. The number of quaternary nitrogens is 1. The van der Waals surface area contributed by atoms with Crippen LogP contribution in [0.2, 0.25) is 0 Å². The summed E-state index contributed by atoms with van der Waals surface area (Å²) in [7, 11) is 0. The fraction of sp³-hybridized carbons (Fsp3) is 0.462. The van der Waals surface area contributed by atoms with Crippen LogP contribution in [0.5, 0.6) is 5.75 Å². The van der Waals surface area contributed by atoms with Crippen LogP contribution in [-0.2, 0) is 10.2 Å². The maximum Gasteiger partial charge on any atom is 0.317 e. The molecule has 4 atom stereocenters. The summed E-state index contributed by atoms with van der Waals surface area (Å²) in [5.41, 5.74) is 2.06. The molecule has 1 fully saturated rings. The minimum absolute atomic E-state index is 0.0942. The van der Waals surface area contributed by atoms with E-state index in [-0.39, 0.29) is 28.8 Å². The van der Waals surface area contributed by atoms with Gasteiger partial charge in [-0.1, -0.05) is 39.3 Å². The third-order valence-corrected chi connectivity index (χ3v) is 7.72. The van der Waals surface area contributed by atoms with Crippen LogP contribution in [0, 0.1) is 16.5 Å². The van der Waals surface area contributed by atoms with Crippen LogP contribution in [0.4, 0.5) is 5.69 Å². The first-order valence-corrected chi connectivity index (χ1v) is 11.3. The molecule has 32 heavy (non-hydrogen) atoms. The number of hydrogen-bond donors (Lipinski definition) is 2. The molecule has 2 aromatic carbocycles. The number of hydrogen-bond acceptors (Lipinski definition) is 5. The van der Waals surface area contributed by atoms with Gasteiger partial charge in [0.1, 0.15) is 5.75 Å². The molecule has 0 saturated heterocycles. The lowest BCUT2D eigenvalue weighted by atomic mass is 9.49. The molecule has 0 bridgehead atoms. The Morgan fingerprint density at radius 3 is 2.47 bits per heavy atom. The summed E-state index contributed by atoms with van der Waals surface area (Å²) in [5, 5.41) is 19.1. The molecular formula is C26H31NO5. The summed E-state index contributed by atoms with van der Waals surface area (Å²) in [5.74, 6) is 0.248. The van der Waals surface area contributed by atoms with Crippen LogP contribution in [-0.4, -0.2) is 17.0 Å². The van der Waals surface area contributed by atoms with Crippen LogP contribution in [0.3, 0.4) is 0 Å². The van der Waals surface area contributed by atoms with Crippen LogP contribution >= 0.6 is 0 Å². The predicted octanol–water partition coefficient (Wildman–Crippen LogP) is 4.47. The molecule has 6 heteroatoms. The molecule has 0 amide bonds. The standard InChI is InChI=1S/C26H31NO5/c1-16(2)17-6-11-21-20(14-17)22(28)15-23-25(21,3)12-5-13-26(23,4)24(29)32-19-9-7-18(8-10-19)27(30)31/h6-11,14,16,23,27,30H,5,12-13,15H2,1-4H3/t23-,25-,26-/m1/s1. The average molecular weight is 438 g/mol. The largest absolute Gasteiger partial charge is 0.595 e. The monoisotopic (exact) mass is 437 g/mol. The number of ether oxygens (including phenoxy) is 1. The normalized spacial score (nSPS) is 28.1. The van der Waals surface area contributed by atoms with Crippen molar-refractivity contribution >= 4 is 17.4 Å². The highest BCUT2D eigenvalue weighted by Gasteiger charge is 2.57. The van der Waals surface area contributed by atoms with E-state index < -0.39 is 10.6 Å². The number of ketones is 1. The first kappa shape index (κ1) is 22.6. The fourth-order valence-corrected chi connectivity index (χ4v) is 5.73. The number of esters is 1. The van der Waals surface area contributed by atoms with Gasteiger partial charge in [0.05, 0.1) is 5.41 Å². The Morgan fingerprint density at radius 2 is 1.84 bits per heavy atom. The summed E-state index contributed by atoms with van der Waals surface area (Å²) < 4.78 is 5.72. The number of nitrogens with one attached hydrogen (secondary N) is 1. The van der Waals surface area contributed by atoms with E-state index in [9.17, 15) is 14.8 Å². The lowest BCUT2D eigenvalue weighted by molar-refractivity contribution is -0.991. The van der Waals surface area contributed by atoms with Crippen LogP contribution in [0.15, 0.2) is 42.5 Å². The number of benzene rings is 2. The van der Waals surface area contributed by atoms with Crippen LogP contribution < -0.4 is 9.96 Å². The predicted molar refractivity (Wildman–Crippen MR) is 120 cm³/mol. The van der Waals surface area contributed by atoms with E-state index in [0.717, 1.165) is 29.5 Å². The highest BCUT2D eigenvalue weighted by Crippen LogP contribution is 2.57. The third kappa shape index (κ3) is 3.66. The van der Waals surface area contributed by atoms with E-state index in [2.05, 4.69) is 32.9 Å². The molecule has 0 aliphatic heterocycles. The molecule has 0 radical (unpaired) electrons. The van der Waals surface area contributed by atoms with E-state index >= 15 is 0 Å². The summed E-state index contributed by atoms with van der Waals surface area (Å²) in [6.07, 6.45) is 2.78. The number of rotatable bonds is 4. The van der Waals surface area contributed by atoms with Crippen molar-refractivity contribution in [3.63, 3.8) is 0 Å². The van der Waals surface area contributed by atoms with Crippen molar-refractivity contribution in [2.45, 2.75) is 64.7 Å². The quantitative estimate of drug-likeness (QED) is 0.418. The molecule has 1 saturated carbocycles. The minimum Gasteiger partial charge on any atom is -0.595 e. The van der Waals surface area contributed by atoms with Crippen molar-refractivity contribution < 1.29 is 24.8 Å². The van der Waals surface area contributed by atoms with Crippen molar-refractivity contribution in [2.24, 2.45) is 11.3 Å². The number of fused-ring (bicyclic) bond motifs is 3. The molecule has 170 valence electrons. The van der Waals surface area contributed by atoms with Crippen molar-refractivity contribution in [1.82, 2.24) is 0 Å². The Morgan fingerprint density at radius 1 is 1.16 bits per heavy atom. The molecule has 2 N–H and O–H groups in total. The van der Waals surface area contributed by atoms with E-state index in [4.69, 9.17) is 9.94 Å². The Hall–Kier alpha value is -2.54. The van der Waals surface area contributed by atoms with Gasteiger partial charge >= 0.3 is 5.97 Å². The van der Waals surface area contributed by atoms with Gasteiger partial charge < -0.3 is 9.94 Å². The Balaban J connectivity index is 1.66. The van der Waals surface area contributed by atoms with Gasteiger partial charge in [0.25, 0.3) is 0 Å². The van der Waals surface area contributed by atoms with Gasteiger partial charge in [-0.05, 0) is 66.3 Å². The molecule has 2 aliphatic carbocycles. The smallest absolute Gasteiger partial charge is 0.317 e. The summed E-state index contributed by atoms with van der Waals surface area (Å²) >= 11 is 0. The highest BCUT2D eigenvalue weighted by molar-refractivity contribution is 6.00. The van der Waals surface area contributed by atoms with Crippen molar-refractivity contribution in [3.8, 4) is 5.75 Å². The van der Waals surface area contributed by atoms with Crippen molar-refractivity contribution in [1.29, 1.82) is 0 Å². The molecule has 6 nitrogen and oxygen atoms in total. The van der Waals surface area contributed by atoms with Gasteiger partial charge in [0.2, 0.25) is 0 Å². The molecule has 2 aromatic rings. The van der Waals surface area contributed by atoms with E-state index in [1.54, 1.807) is 0 Å². The van der Waals surface area contributed by atoms with Gasteiger partial charge in [-0.3, -0.25) is 9.59 Å². The van der Waals surface area contributed by atoms with Gasteiger partial charge in [-0.15, -0.1) is 0 Å². The molecular weight excluding hydrogens is 406 g/mol. The summed E-state index contributed by atoms with van der Waals surface area (Å²) in [6.45, 7) is 8.35.